The fourth-order valence-corrected chi connectivity index (χ4v) is 2.63. The molecule has 0 aliphatic rings. The van der Waals surface area contributed by atoms with Gasteiger partial charge < -0.3 is 20.5 Å². The van der Waals surface area contributed by atoms with Crippen molar-refractivity contribution < 1.29 is 14.3 Å². The van der Waals surface area contributed by atoms with Gasteiger partial charge in [-0.15, -0.1) is 0 Å². The number of ether oxygens (including phenoxy) is 2. The number of anilines is 2. The van der Waals surface area contributed by atoms with Gasteiger partial charge in [0.1, 0.15) is 0 Å². The van der Waals surface area contributed by atoms with Crippen LogP contribution in [0.2, 0.25) is 0 Å². The highest BCUT2D eigenvalue weighted by molar-refractivity contribution is 6.03. The van der Waals surface area contributed by atoms with Crippen molar-refractivity contribution in [3.63, 3.8) is 0 Å². The number of carbonyl (C=O) groups is 1. The van der Waals surface area contributed by atoms with Crippen LogP contribution in [0.15, 0.2) is 66.9 Å². The fraction of sp³-hybridized carbons (Fsp3) is 0.0909. The SMILES string of the molecule is COc1ccc(-c2ccc(/C=C\C(=O)Nc3ccccc3N)cn2)cc1OC. The van der Waals surface area contributed by atoms with E-state index in [9.17, 15) is 4.79 Å². The van der Waals surface area contributed by atoms with E-state index in [0.29, 0.717) is 22.9 Å². The standard InChI is InChI=1S/C22H21N3O3/c1-27-20-11-9-16(13-21(20)28-2)18-10-7-15(14-24-18)8-12-22(26)25-19-6-4-3-5-17(19)23/h3-14H,23H2,1-2H3,(H,25,26)/b12-8-. The van der Waals surface area contributed by atoms with E-state index in [1.807, 2.05) is 42.5 Å². The van der Waals surface area contributed by atoms with Crippen molar-refractivity contribution >= 4 is 23.4 Å². The summed E-state index contributed by atoms with van der Waals surface area (Å²) in [5.41, 5.74) is 9.43. The van der Waals surface area contributed by atoms with E-state index in [-0.39, 0.29) is 5.91 Å². The molecule has 0 bridgehead atoms. The molecular weight excluding hydrogens is 354 g/mol. The third kappa shape index (κ3) is 4.48. The highest BCUT2D eigenvalue weighted by Gasteiger charge is 2.07. The Hall–Kier alpha value is -3.80. The van der Waals surface area contributed by atoms with Crippen molar-refractivity contribution in [1.82, 2.24) is 4.98 Å². The second-order valence-corrected chi connectivity index (χ2v) is 5.96. The zero-order chi connectivity index (χ0) is 19.9. The first-order valence-corrected chi connectivity index (χ1v) is 8.62. The smallest absolute Gasteiger partial charge is 0.248 e. The average Bonchev–Trinajstić information content (AvgIpc) is 2.74. The number of hydrogen-bond acceptors (Lipinski definition) is 5. The van der Waals surface area contributed by atoms with Crippen LogP contribution in [0.5, 0.6) is 11.5 Å². The van der Waals surface area contributed by atoms with Gasteiger partial charge in [0.15, 0.2) is 11.5 Å². The predicted octanol–water partition coefficient (Wildman–Crippen LogP) is 4.00. The lowest BCUT2D eigenvalue weighted by atomic mass is 10.1. The maximum absolute atomic E-state index is 12.1. The molecule has 3 rings (SSSR count). The number of amides is 1. The number of rotatable bonds is 6. The second kappa shape index (κ2) is 8.73. The molecule has 0 aliphatic heterocycles. The van der Waals surface area contributed by atoms with Gasteiger partial charge in [-0.1, -0.05) is 18.2 Å². The first kappa shape index (κ1) is 19.0. The average molecular weight is 375 g/mol. The monoisotopic (exact) mass is 375 g/mol. The van der Waals surface area contributed by atoms with Gasteiger partial charge in [-0.05, 0) is 48.0 Å². The van der Waals surface area contributed by atoms with Crippen molar-refractivity contribution in [2.24, 2.45) is 0 Å². The molecule has 142 valence electrons. The number of nitrogens with one attached hydrogen (secondary N) is 1. The van der Waals surface area contributed by atoms with E-state index < -0.39 is 0 Å². The third-order valence-electron chi connectivity index (χ3n) is 4.11. The normalized spacial score (nSPS) is 10.6. The second-order valence-electron chi connectivity index (χ2n) is 5.96. The Morgan fingerprint density at radius 3 is 2.50 bits per heavy atom. The van der Waals surface area contributed by atoms with Crippen LogP contribution in [-0.4, -0.2) is 25.1 Å². The Morgan fingerprint density at radius 2 is 1.82 bits per heavy atom. The molecule has 0 spiro atoms. The Morgan fingerprint density at radius 1 is 1.04 bits per heavy atom. The van der Waals surface area contributed by atoms with Crippen molar-refractivity contribution in [1.29, 1.82) is 0 Å². The number of benzene rings is 2. The summed E-state index contributed by atoms with van der Waals surface area (Å²) < 4.78 is 10.6. The summed E-state index contributed by atoms with van der Waals surface area (Å²) in [5.74, 6) is 1.04. The van der Waals surface area contributed by atoms with Crippen LogP contribution in [0.1, 0.15) is 5.56 Å². The zero-order valence-corrected chi connectivity index (χ0v) is 15.7. The number of carbonyl (C=O) groups excluding carboxylic acids is 1. The predicted molar refractivity (Wildman–Crippen MR) is 111 cm³/mol. The molecule has 0 fully saturated rings. The van der Waals surface area contributed by atoms with Gasteiger partial charge >= 0.3 is 0 Å². The molecule has 0 unspecified atom stereocenters. The molecule has 0 saturated carbocycles. The zero-order valence-electron chi connectivity index (χ0n) is 15.7. The van der Waals surface area contributed by atoms with E-state index in [4.69, 9.17) is 15.2 Å². The Kier molecular flexibility index (Phi) is 5.91. The number of nitrogens with two attached hydrogens (primary N) is 1. The number of nitrogen functional groups attached to an aromatic ring is 1. The van der Waals surface area contributed by atoms with Crippen LogP contribution in [-0.2, 0) is 4.79 Å². The molecule has 6 heteroatoms. The minimum Gasteiger partial charge on any atom is -0.493 e. The van der Waals surface area contributed by atoms with Crippen molar-refractivity contribution in [3.05, 3.63) is 72.4 Å². The lowest BCUT2D eigenvalue weighted by molar-refractivity contribution is -0.111. The summed E-state index contributed by atoms with van der Waals surface area (Å²) in [7, 11) is 3.19. The van der Waals surface area contributed by atoms with Crippen LogP contribution >= 0.6 is 0 Å². The molecule has 0 atom stereocenters. The van der Waals surface area contributed by atoms with E-state index >= 15 is 0 Å². The largest absolute Gasteiger partial charge is 0.493 e. The van der Waals surface area contributed by atoms with E-state index in [1.165, 1.54) is 6.08 Å². The minimum atomic E-state index is -0.262. The van der Waals surface area contributed by atoms with Crippen LogP contribution in [0.25, 0.3) is 17.3 Å². The summed E-state index contributed by atoms with van der Waals surface area (Å²) in [4.78, 5) is 16.5. The molecule has 0 aliphatic carbocycles. The van der Waals surface area contributed by atoms with Crippen LogP contribution in [0.3, 0.4) is 0 Å². The molecule has 1 amide bonds. The maximum Gasteiger partial charge on any atom is 0.248 e. The number of nitrogens with zero attached hydrogens (tertiary/aromatic N) is 1. The van der Waals surface area contributed by atoms with E-state index in [2.05, 4.69) is 10.3 Å². The van der Waals surface area contributed by atoms with Crippen molar-refractivity contribution in [3.8, 4) is 22.8 Å². The van der Waals surface area contributed by atoms with Crippen molar-refractivity contribution in [2.75, 3.05) is 25.3 Å². The molecule has 3 N–H and O–H groups in total. The molecule has 0 saturated heterocycles. The van der Waals surface area contributed by atoms with Crippen LogP contribution in [0.4, 0.5) is 11.4 Å². The Bertz CT molecular complexity index is 998. The maximum atomic E-state index is 12.1. The van der Waals surface area contributed by atoms with E-state index in [0.717, 1.165) is 16.8 Å². The summed E-state index contributed by atoms with van der Waals surface area (Å²) in [6.07, 6.45) is 4.84. The van der Waals surface area contributed by atoms with Gasteiger partial charge in [-0.25, -0.2) is 0 Å². The highest BCUT2D eigenvalue weighted by atomic mass is 16.5. The fourth-order valence-electron chi connectivity index (χ4n) is 2.63. The van der Waals surface area contributed by atoms with Crippen molar-refractivity contribution in [2.45, 2.75) is 0 Å². The summed E-state index contributed by atoms with van der Waals surface area (Å²) in [6, 6.07) is 16.5. The molecule has 3 aromatic rings. The number of hydrogen-bond donors (Lipinski definition) is 2. The van der Waals surface area contributed by atoms with Gasteiger partial charge in [0, 0.05) is 17.8 Å². The Labute approximate surface area is 163 Å². The quantitative estimate of drug-likeness (QED) is 0.502. The topological polar surface area (TPSA) is 86.5 Å². The van der Waals surface area contributed by atoms with Crippen LogP contribution < -0.4 is 20.5 Å². The molecule has 6 nitrogen and oxygen atoms in total. The Balaban J connectivity index is 1.70. The van der Waals surface area contributed by atoms with Gasteiger partial charge in [-0.2, -0.15) is 0 Å². The van der Waals surface area contributed by atoms with Gasteiger partial charge in [0.25, 0.3) is 0 Å². The first-order valence-electron chi connectivity index (χ1n) is 8.62. The molecule has 2 aromatic carbocycles. The molecular formula is C22H21N3O3. The first-order chi connectivity index (χ1) is 13.6. The number of pyridine rings is 1. The van der Waals surface area contributed by atoms with Gasteiger partial charge in [0.2, 0.25) is 5.91 Å². The highest BCUT2D eigenvalue weighted by Crippen LogP contribution is 2.31. The van der Waals surface area contributed by atoms with Crippen LogP contribution in [0, 0.1) is 0 Å². The number of aromatic nitrogens is 1. The van der Waals surface area contributed by atoms with E-state index in [1.54, 1.807) is 38.6 Å². The third-order valence-corrected chi connectivity index (χ3v) is 4.11. The summed E-state index contributed by atoms with van der Waals surface area (Å²) in [5, 5.41) is 2.74. The minimum absolute atomic E-state index is 0.262. The molecule has 1 heterocycles. The number of para-hydroxylation sites is 2. The van der Waals surface area contributed by atoms with Gasteiger partial charge in [0.05, 0.1) is 31.3 Å². The molecule has 1 aromatic heterocycles. The van der Waals surface area contributed by atoms with Gasteiger partial charge in [-0.3, -0.25) is 9.78 Å². The summed E-state index contributed by atoms with van der Waals surface area (Å²) in [6.45, 7) is 0. The number of methoxy groups -OCH3 is 2. The lowest BCUT2D eigenvalue weighted by Crippen LogP contribution is -2.09. The molecule has 0 radical (unpaired) electrons. The summed E-state index contributed by atoms with van der Waals surface area (Å²) >= 11 is 0. The lowest BCUT2D eigenvalue weighted by Gasteiger charge is -2.09. The molecule has 28 heavy (non-hydrogen) atoms.